The van der Waals surface area contributed by atoms with Crippen LogP contribution in [0.15, 0.2) is 36.7 Å². The molecule has 2 aromatic rings. The van der Waals surface area contributed by atoms with Crippen molar-refractivity contribution in [2.24, 2.45) is 0 Å². The molecule has 0 saturated carbocycles. The van der Waals surface area contributed by atoms with Gasteiger partial charge in [-0.05, 0) is 25.0 Å². The van der Waals surface area contributed by atoms with Crippen LogP contribution in [0.4, 0.5) is 0 Å². The molecule has 0 unspecified atom stereocenters. The van der Waals surface area contributed by atoms with Gasteiger partial charge in [0.15, 0.2) is 6.61 Å². The Labute approximate surface area is 123 Å². The highest BCUT2D eigenvalue weighted by Crippen LogP contribution is 2.20. The summed E-state index contributed by atoms with van der Waals surface area (Å²) in [5, 5.41) is 8.27. The largest absolute Gasteiger partial charge is 0.484 e. The van der Waals surface area contributed by atoms with Crippen LogP contribution in [0.3, 0.4) is 0 Å². The van der Waals surface area contributed by atoms with Crippen molar-refractivity contribution >= 4 is 5.91 Å². The summed E-state index contributed by atoms with van der Waals surface area (Å²) < 4.78 is 5.61. The van der Waals surface area contributed by atoms with Crippen LogP contribution in [-0.4, -0.2) is 45.5 Å². The highest BCUT2D eigenvalue weighted by atomic mass is 16.5. The van der Waals surface area contributed by atoms with E-state index in [9.17, 15) is 4.79 Å². The van der Waals surface area contributed by atoms with Crippen LogP contribution in [0.2, 0.25) is 0 Å². The second-order valence-corrected chi connectivity index (χ2v) is 5.19. The summed E-state index contributed by atoms with van der Waals surface area (Å²) in [6.45, 7) is 3.41. The number of para-hydroxylation sites is 1. The number of carbonyl (C=O) groups is 1. The van der Waals surface area contributed by atoms with Crippen LogP contribution < -0.4 is 4.74 Å². The number of aromatic nitrogens is 3. The van der Waals surface area contributed by atoms with E-state index in [0.29, 0.717) is 6.54 Å². The topological polar surface area (TPSA) is 60.2 Å². The summed E-state index contributed by atoms with van der Waals surface area (Å²) >= 11 is 0. The summed E-state index contributed by atoms with van der Waals surface area (Å²) in [6, 6.07) is 7.87. The van der Waals surface area contributed by atoms with E-state index in [1.54, 1.807) is 17.2 Å². The zero-order valence-electron chi connectivity index (χ0n) is 12.0. The fourth-order valence-electron chi connectivity index (χ4n) is 2.52. The molecular weight excluding hydrogens is 268 g/mol. The van der Waals surface area contributed by atoms with E-state index in [2.05, 4.69) is 10.2 Å². The molecule has 1 atom stereocenters. The summed E-state index contributed by atoms with van der Waals surface area (Å²) in [6.07, 6.45) is 4.20. The van der Waals surface area contributed by atoms with Crippen LogP contribution in [0.5, 0.6) is 5.75 Å². The minimum Gasteiger partial charge on any atom is -0.484 e. The number of likely N-dealkylation sites (tertiary alicyclic amines) is 1. The molecule has 0 bridgehead atoms. The zero-order valence-corrected chi connectivity index (χ0v) is 12.0. The monoisotopic (exact) mass is 286 g/mol. The van der Waals surface area contributed by atoms with Gasteiger partial charge in [0.1, 0.15) is 5.75 Å². The molecule has 1 amide bonds. The normalized spacial score (nSPS) is 18.0. The second-order valence-electron chi connectivity index (χ2n) is 5.19. The van der Waals surface area contributed by atoms with Crippen LogP contribution >= 0.6 is 0 Å². The number of carbonyl (C=O) groups excluding carboxylic acids is 1. The van der Waals surface area contributed by atoms with Gasteiger partial charge in [-0.25, -0.2) is 0 Å². The lowest BCUT2D eigenvalue weighted by Gasteiger charge is -2.17. The van der Waals surface area contributed by atoms with Crippen LogP contribution in [0.1, 0.15) is 18.0 Å². The number of hydrogen-bond donors (Lipinski definition) is 0. The maximum atomic E-state index is 12.2. The Kier molecular flexibility index (Phi) is 3.85. The maximum Gasteiger partial charge on any atom is 0.260 e. The highest BCUT2D eigenvalue weighted by molar-refractivity contribution is 5.78. The lowest BCUT2D eigenvalue weighted by molar-refractivity contribution is -0.132. The van der Waals surface area contributed by atoms with Gasteiger partial charge in [-0.1, -0.05) is 18.2 Å². The van der Waals surface area contributed by atoms with Gasteiger partial charge >= 0.3 is 0 Å². The predicted molar refractivity (Wildman–Crippen MR) is 76.9 cm³/mol. The van der Waals surface area contributed by atoms with E-state index in [-0.39, 0.29) is 18.6 Å². The molecule has 6 nitrogen and oxygen atoms in total. The molecule has 6 heteroatoms. The van der Waals surface area contributed by atoms with Gasteiger partial charge in [0.2, 0.25) is 0 Å². The standard InChI is InChI=1S/C15H18N4O2/c1-12-4-2-3-5-14(12)21-11-15(20)18-9-6-13(10-18)19-16-7-8-17-19/h2-5,7-8,13H,6,9-11H2,1H3/t13-/m1/s1. The second kappa shape index (κ2) is 5.95. The van der Waals surface area contributed by atoms with Crippen molar-refractivity contribution in [1.82, 2.24) is 19.9 Å². The van der Waals surface area contributed by atoms with Gasteiger partial charge in [0.25, 0.3) is 5.91 Å². The van der Waals surface area contributed by atoms with Crippen molar-refractivity contribution in [3.8, 4) is 5.75 Å². The van der Waals surface area contributed by atoms with Crippen LogP contribution in [0, 0.1) is 6.92 Å². The summed E-state index contributed by atoms with van der Waals surface area (Å²) in [7, 11) is 0. The van der Waals surface area contributed by atoms with E-state index >= 15 is 0 Å². The van der Waals surface area contributed by atoms with Gasteiger partial charge in [-0.2, -0.15) is 15.0 Å². The third-order valence-corrected chi connectivity index (χ3v) is 3.72. The van der Waals surface area contributed by atoms with Crippen LogP contribution in [0.25, 0.3) is 0 Å². The Bertz CT molecular complexity index is 612. The number of nitrogens with zero attached hydrogens (tertiary/aromatic N) is 4. The number of hydrogen-bond acceptors (Lipinski definition) is 4. The average Bonchev–Trinajstić information content (AvgIpc) is 3.16. The van der Waals surface area contributed by atoms with E-state index < -0.39 is 0 Å². The third-order valence-electron chi connectivity index (χ3n) is 3.72. The van der Waals surface area contributed by atoms with E-state index in [1.807, 2.05) is 36.1 Å². The smallest absolute Gasteiger partial charge is 0.260 e. The average molecular weight is 286 g/mol. The van der Waals surface area contributed by atoms with Crippen molar-refractivity contribution in [1.29, 1.82) is 0 Å². The van der Waals surface area contributed by atoms with Gasteiger partial charge in [-0.3, -0.25) is 4.79 Å². The van der Waals surface area contributed by atoms with E-state index in [1.165, 1.54) is 0 Å². The molecule has 110 valence electrons. The van der Waals surface area contributed by atoms with Gasteiger partial charge in [-0.15, -0.1) is 0 Å². The number of aryl methyl sites for hydroxylation is 1. The highest BCUT2D eigenvalue weighted by Gasteiger charge is 2.28. The molecule has 0 spiro atoms. The molecule has 2 heterocycles. The molecule has 3 rings (SSSR count). The minimum atomic E-state index is 0.00732. The molecule has 1 saturated heterocycles. The molecule has 1 aromatic heterocycles. The molecule has 1 aliphatic rings. The molecule has 1 fully saturated rings. The van der Waals surface area contributed by atoms with Gasteiger partial charge in [0, 0.05) is 13.1 Å². The zero-order chi connectivity index (χ0) is 14.7. The predicted octanol–water partition coefficient (Wildman–Crippen LogP) is 1.44. The molecule has 1 aliphatic heterocycles. The minimum absolute atomic E-state index is 0.00732. The Balaban J connectivity index is 1.54. The number of ether oxygens (including phenoxy) is 1. The summed E-state index contributed by atoms with van der Waals surface area (Å²) in [5.74, 6) is 0.767. The molecule has 1 aromatic carbocycles. The number of benzene rings is 1. The van der Waals surface area contributed by atoms with Crippen molar-refractivity contribution in [2.75, 3.05) is 19.7 Å². The summed E-state index contributed by atoms with van der Waals surface area (Å²) in [5.41, 5.74) is 1.03. The first-order valence-corrected chi connectivity index (χ1v) is 7.06. The Morgan fingerprint density at radius 3 is 2.86 bits per heavy atom. The van der Waals surface area contributed by atoms with Crippen molar-refractivity contribution in [2.45, 2.75) is 19.4 Å². The fourth-order valence-corrected chi connectivity index (χ4v) is 2.52. The Morgan fingerprint density at radius 1 is 1.33 bits per heavy atom. The van der Waals surface area contributed by atoms with Crippen molar-refractivity contribution < 1.29 is 9.53 Å². The van der Waals surface area contributed by atoms with Crippen LogP contribution in [-0.2, 0) is 4.79 Å². The first-order valence-electron chi connectivity index (χ1n) is 7.06. The quantitative estimate of drug-likeness (QED) is 0.853. The number of rotatable bonds is 4. The fraction of sp³-hybridized carbons (Fsp3) is 0.400. The lowest BCUT2D eigenvalue weighted by atomic mass is 10.2. The maximum absolute atomic E-state index is 12.2. The summed E-state index contributed by atoms with van der Waals surface area (Å²) in [4.78, 5) is 15.7. The third kappa shape index (κ3) is 3.04. The van der Waals surface area contributed by atoms with Gasteiger partial charge in [0.05, 0.1) is 18.4 Å². The lowest BCUT2D eigenvalue weighted by Crippen LogP contribution is -2.33. The van der Waals surface area contributed by atoms with Crippen molar-refractivity contribution in [3.05, 3.63) is 42.2 Å². The van der Waals surface area contributed by atoms with E-state index in [0.717, 1.165) is 24.3 Å². The van der Waals surface area contributed by atoms with Gasteiger partial charge < -0.3 is 9.64 Å². The molecule has 0 aliphatic carbocycles. The molecule has 0 N–H and O–H groups in total. The molecule has 0 radical (unpaired) electrons. The first-order chi connectivity index (χ1) is 10.2. The molecule has 21 heavy (non-hydrogen) atoms. The van der Waals surface area contributed by atoms with Crippen molar-refractivity contribution in [3.63, 3.8) is 0 Å². The number of amides is 1. The Morgan fingerprint density at radius 2 is 2.10 bits per heavy atom. The van der Waals surface area contributed by atoms with E-state index in [4.69, 9.17) is 4.74 Å². The molecular formula is C15H18N4O2. The first kappa shape index (κ1) is 13.6. The SMILES string of the molecule is Cc1ccccc1OCC(=O)N1CC[C@@H](n2nccn2)C1. The Hall–Kier alpha value is -2.37.